The lowest BCUT2D eigenvalue weighted by molar-refractivity contribution is 0.0952. The number of nitrogens with two attached hydrogens (primary N) is 1. The summed E-state index contributed by atoms with van der Waals surface area (Å²) in [6, 6.07) is 15.0. The second-order valence-electron chi connectivity index (χ2n) is 4.87. The number of nitrogens with one attached hydrogen (secondary N) is 1. The minimum absolute atomic E-state index is 0.198. The summed E-state index contributed by atoms with van der Waals surface area (Å²) in [6.07, 6.45) is 1.82. The Morgan fingerprint density at radius 3 is 2.86 bits per heavy atom. The van der Waals surface area contributed by atoms with E-state index in [0.29, 0.717) is 16.9 Å². The molecule has 3 N–H and O–H groups in total. The number of nitrogens with zero attached hydrogens (tertiary/aromatic N) is 2. The van der Waals surface area contributed by atoms with Gasteiger partial charge in [0.2, 0.25) is 0 Å². The molecule has 0 saturated carbocycles. The zero-order chi connectivity index (χ0) is 14.4. The molecule has 2 aromatic carbocycles. The lowest BCUT2D eigenvalue weighted by atomic mass is 10.1. The van der Waals surface area contributed by atoms with Gasteiger partial charge >= 0.3 is 0 Å². The first-order chi connectivity index (χ1) is 10.3. The standard InChI is InChI=1S/C16H12N4O/c17-15-11-5-1-2-7-13(11)20(19-15)16(21)12-6-3-4-10-8-9-18-14(10)12/h1-9,18H,(H2,17,19). The SMILES string of the molecule is Nc1nn(C(=O)c2cccc3cc[nH]c23)c2ccccc12. The van der Waals surface area contributed by atoms with Crippen LogP contribution in [0.4, 0.5) is 5.82 Å². The van der Waals surface area contributed by atoms with Crippen LogP contribution in [0, 0.1) is 0 Å². The molecular weight excluding hydrogens is 264 g/mol. The summed E-state index contributed by atoms with van der Waals surface area (Å²) in [7, 11) is 0. The Labute approximate surface area is 120 Å². The van der Waals surface area contributed by atoms with E-state index in [-0.39, 0.29) is 5.91 Å². The fourth-order valence-corrected chi connectivity index (χ4v) is 2.62. The highest BCUT2D eigenvalue weighted by molar-refractivity contribution is 6.10. The van der Waals surface area contributed by atoms with Crippen LogP contribution >= 0.6 is 0 Å². The number of carbonyl (C=O) groups excluding carboxylic acids is 1. The van der Waals surface area contributed by atoms with Crippen molar-refractivity contribution in [3.63, 3.8) is 0 Å². The van der Waals surface area contributed by atoms with Crippen LogP contribution in [0.5, 0.6) is 0 Å². The molecule has 0 aliphatic heterocycles. The molecule has 0 fully saturated rings. The first kappa shape index (κ1) is 11.7. The number of hydrogen-bond donors (Lipinski definition) is 2. The van der Waals surface area contributed by atoms with Crippen LogP contribution in [0.3, 0.4) is 0 Å². The number of benzene rings is 2. The second kappa shape index (κ2) is 4.21. The maximum absolute atomic E-state index is 12.8. The summed E-state index contributed by atoms with van der Waals surface area (Å²) in [6.45, 7) is 0. The number of rotatable bonds is 1. The fraction of sp³-hybridized carbons (Fsp3) is 0. The molecule has 5 nitrogen and oxygen atoms in total. The molecule has 0 atom stereocenters. The number of hydrogen-bond acceptors (Lipinski definition) is 3. The zero-order valence-corrected chi connectivity index (χ0v) is 11.1. The molecule has 0 unspecified atom stereocenters. The Hall–Kier alpha value is -3.08. The van der Waals surface area contributed by atoms with E-state index in [9.17, 15) is 4.79 Å². The van der Waals surface area contributed by atoms with Crippen molar-refractivity contribution < 1.29 is 4.79 Å². The van der Waals surface area contributed by atoms with E-state index in [1.165, 1.54) is 4.68 Å². The molecule has 102 valence electrons. The van der Waals surface area contributed by atoms with Gasteiger partial charge in [-0.15, -0.1) is 5.10 Å². The van der Waals surface area contributed by atoms with E-state index in [0.717, 1.165) is 16.3 Å². The van der Waals surface area contributed by atoms with Gasteiger partial charge in [-0.2, -0.15) is 4.68 Å². The van der Waals surface area contributed by atoms with Gasteiger partial charge in [0.25, 0.3) is 5.91 Å². The van der Waals surface area contributed by atoms with Gasteiger partial charge in [0.05, 0.1) is 16.6 Å². The smallest absolute Gasteiger partial charge is 0.280 e. The molecule has 0 aliphatic carbocycles. The van der Waals surface area contributed by atoms with E-state index >= 15 is 0 Å². The summed E-state index contributed by atoms with van der Waals surface area (Å²) in [5.41, 5.74) is 7.99. The highest BCUT2D eigenvalue weighted by Gasteiger charge is 2.17. The quantitative estimate of drug-likeness (QED) is 0.561. The van der Waals surface area contributed by atoms with Crippen LogP contribution in [0.25, 0.3) is 21.8 Å². The van der Waals surface area contributed by atoms with Gasteiger partial charge in [-0.1, -0.05) is 24.3 Å². The van der Waals surface area contributed by atoms with Crippen molar-refractivity contribution in [1.82, 2.24) is 14.8 Å². The van der Waals surface area contributed by atoms with Gasteiger partial charge in [-0.3, -0.25) is 4.79 Å². The number of fused-ring (bicyclic) bond motifs is 2. The van der Waals surface area contributed by atoms with Gasteiger partial charge in [-0.05, 0) is 24.3 Å². The van der Waals surface area contributed by atoms with Crippen molar-refractivity contribution in [1.29, 1.82) is 0 Å². The van der Waals surface area contributed by atoms with Gasteiger partial charge < -0.3 is 10.7 Å². The van der Waals surface area contributed by atoms with Gasteiger partial charge in [0, 0.05) is 17.0 Å². The number of para-hydroxylation sites is 2. The number of aromatic nitrogens is 3. The first-order valence-corrected chi connectivity index (χ1v) is 6.60. The van der Waals surface area contributed by atoms with Crippen molar-refractivity contribution in [3.05, 3.63) is 60.3 Å². The highest BCUT2D eigenvalue weighted by Crippen LogP contribution is 2.23. The minimum atomic E-state index is -0.198. The van der Waals surface area contributed by atoms with Crippen molar-refractivity contribution >= 4 is 33.5 Å². The van der Waals surface area contributed by atoms with Crippen LogP contribution < -0.4 is 5.73 Å². The second-order valence-corrected chi connectivity index (χ2v) is 4.87. The van der Waals surface area contributed by atoms with E-state index in [4.69, 9.17) is 5.73 Å². The summed E-state index contributed by atoms with van der Waals surface area (Å²) in [5.74, 6) is 0.161. The number of anilines is 1. The monoisotopic (exact) mass is 276 g/mol. The summed E-state index contributed by atoms with van der Waals surface area (Å²) < 4.78 is 1.36. The van der Waals surface area contributed by atoms with Crippen LogP contribution in [-0.4, -0.2) is 20.7 Å². The molecule has 21 heavy (non-hydrogen) atoms. The molecule has 0 aliphatic rings. The van der Waals surface area contributed by atoms with Crippen LogP contribution in [-0.2, 0) is 0 Å². The summed E-state index contributed by atoms with van der Waals surface area (Å²) in [5, 5.41) is 5.96. The third-order valence-electron chi connectivity index (χ3n) is 3.63. The molecule has 0 bridgehead atoms. The number of H-pyrrole nitrogens is 1. The molecule has 0 radical (unpaired) electrons. The maximum Gasteiger partial charge on any atom is 0.280 e. The van der Waals surface area contributed by atoms with Crippen LogP contribution in [0.15, 0.2) is 54.7 Å². The number of nitrogen functional groups attached to an aromatic ring is 1. The minimum Gasteiger partial charge on any atom is -0.382 e. The first-order valence-electron chi connectivity index (χ1n) is 6.60. The third kappa shape index (κ3) is 1.64. The summed E-state index contributed by atoms with van der Waals surface area (Å²) in [4.78, 5) is 15.9. The molecule has 2 heterocycles. The topological polar surface area (TPSA) is 76.7 Å². The average Bonchev–Trinajstić information content (AvgIpc) is 3.11. The largest absolute Gasteiger partial charge is 0.382 e. The Balaban J connectivity index is 1.97. The highest BCUT2D eigenvalue weighted by atomic mass is 16.2. The lowest BCUT2D eigenvalue weighted by Crippen LogP contribution is -2.14. The molecule has 2 aromatic heterocycles. The van der Waals surface area contributed by atoms with E-state index in [2.05, 4.69) is 10.1 Å². The Bertz CT molecular complexity index is 980. The van der Waals surface area contributed by atoms with Crippen molar-refractivity contribution in [2.75, 3.05) is 5.73 Å². The van der Waals surface area contributed by atoms with Crippen LogP contribution in [0.2, 0.25) is 0 Å². The normalized spacial score (nSPS) is 11.2. The lowest BCUT2D eigenvalue weighted by Gasteiger charge is -2.04. The Morgan fingerprint density at radius 2 is 1.95 bits per heavy atom. The van der Waals surface area contributed by atoms with Crippen molar-refractivity contribution in [3.8, 4) is 0 Å². The van der Waals surface area contributed by atoms with E-state index in [1.54, 1.807) is 6.07 Å². The predicted molar refractivity (Wildman–Crippen MR) is 82.2 cm³/mol. The number of carbonyl (C=O) groups is 1. The van der Waals surface area contributed by atoms with E-state index < -0.39 is 0 Å². The van der Waals surface area contributed by atoms with Crippen molar-refractivity contribution in [2.45, 2.75) is 0 Å². The summed E-state index contributed by atoms with van der Waals surface area (Å²) >= 11 is 0. The van der Waals surface area contributed by atoms with Crippen LogP contribution in [0.1, 0.15) is 10.4 Å². The maximum atomic E-state index is 12.8. The molecule has 4 rings (SSSR count). The van der Waals surface area contributed by atoms with Gasteiger partial charge in [-0.25, -0.2) is 0 Å². The predicted octanol–water partition coefficient (Wildman–Crippen LogP) is 2.79. The number of aromatic amines is 1. The molecular formula is C16H12N4O. The third-order valence-corrected chi connectivity index (χ3v) is 3.63. The Kier molecular flexibility index (Phi) is 2.35. The molecule has 5 heteroatoms. The van der Waals surface area contributed by atoms with Crippen molar-refractivity contribution in [2.24, 2.45) is 0 Å². The molecule has 0 amide bonds. The molecule has 0 saturated heterocycles. The van der Waals surface area contributed by atoms with Gasteiger partial charge in [0.15, 0.2) is 5.82 Å². The average molecular weight is 276 g/mol. The zero-order valence-electron chi connectivity index (χ0n) is 11.1. The molecule has 0 spiro atoms. The van der Waals surface area contributed by atoms with Gasteiger partial charge in [0.1, 0.15) is 0 Å². The Morgan fingerprint density at radius 1 is 1.10 bits per heavy atom. The molecule has 4 aromatic rings. The fourth-order valence-electron chi connectivity index (χ4n) is 2.62. The van der Waals surface area contributed by atoms with E-state index in [1.807, 2.05) is 48.7 Å².